The van der Waals surface area contributed by atoms with Crippen LogP contribution in [0.2, 0.25) is 0 Å². The molecule has 21 heavy (non-hydrogen) atoms. The summed E-state index contributed by atoms with van der Waals surface area (Å²) in [6, 6.07) is 15.4. The van der Waals surface area contributed by atoms with E-state index in [-0.39, 0.29) is 6.04 Å². The van der Waals surface area contributed by atoms with E-state index >= 15 is 0 Å². The fourth-order valence-electron chi connectivity index (χ4n) is 2.14. The van der Waals surface area contributed by atoms with Crippen LogP contribution in [-0.2, 0) is 0 Å². The molecule has 1 atom stereocenters. The fourth-order valence-corrected chi connectivity index (χ4v) is 2.95. The van der Waals surface area contributed by atoms with Crippen LogP contribution in [0.1, 0.15) is 11.6 Å². The standard InChI is InChI=1S/C16H16N2O2S/c1-19-14-8-4-2-6-11(14)12(17)10-21-16-18-13-7-3-5-9-15(13)20-16/h2-9,12H,10,17H2,1H3. The Hall–Kier alpha value is -1.98. The predicted octanol–water partition coefficient (Wildman–Crippen LogP) is 3.63. The van der Waals surface area contributed by atoms with Gasteiger partial charge >= 0.3 is 0 Å². The third-order valence-electron chi connectivity index (χ3n) is 3.20. The van der Waals surface area contributed by atoms with Crippen molar-refractivity contribution >= 4 is 22.9 Å². The van der Waals surface area contributed by atoms with Crippen molar-refractivity contribution in [3.63, 3.8) is 0 Å². The summed E-state index contributed by atoms with van der Waals surface area (Å²) in [6.07, 6.45) is 0. The maximum atomic E-state index is 6.24. The van der Waals surface area contributed by atoms with Crippen LogP contribution in [0.5, 0.6) is 5.75 Å². The van der Waals surface area contributed by atoms with Crippen LogP contribution >= 0.6 is 11.8 Å². The Balaban J connectivity index is 1.72. The Labute approximate surface area is 127 Å². The van der Waals surface area contributed by atoms with E-state index in [1.54, 1.807) is 7.11 Å². The first-order chi connectivity index (χ1) is 10.3. The molecule has 0 aliphatic heterocycles. The molecular weight excluding hydrogens is 284 g/mol. The third-order valence-corrected chi connectivity index (χ3v) is 4.15. The van der Waals surface area contributed by atoms with Gasteiger partial charge in [0.15, 0.2) is 5.58 Å². The van der Waals surface area contributed by atoms with E-state index in [9.17, 15) is 0 Å². The third kappa shape index (κ3) is 3.04. The van der Waals surface area contributed by atoms with Crippen molar-refractivity contribution in [3.05, 3.63) is 54.1 Å². The zero-order chi connectivity index (χ0) is 14.7. The highest BCUT2D eigenvalue weighted by atomic mass is 32.2. The van der Waals surface area contributed by atoms with Crippen molar-refractivity contribution < 1.29 is 9.15 Å². The van der Waals surface area contributed by atoms with E-state index in [4.69, 9.17) is 14.9 Å². The molecule has 1 heterocycles. The molecule has 0 fully saturated rings. The molecule has 3 aromatic rings. The maximum Gasteiger partial charge on any atom is 0.256 e. The van der Waals surface area contributed by atoms with Gasteiger partial charge in [0.1, 0.15) is 11.3 Å². The number of nitrogens with two attached hydrogens (primary N) is 1. The van der Waals surface area contributed by atoms with Gasteiger partial charge in [-0.15, -0.1) is 0 Å². The number of methoxy groups -OCH3 is 1. The fraction of sp³-hybridized carbons (Fsp3) is 0.188. The van der Waals surface area contributed by atoms with Gasteiger partial charge in [-0.3, -0.25) is 0 Å². The topological polar surface area (TPSA) is 61.3 Å². The highest BCUT2D eigenvalue weighted by Crippen LogP contribution is 2.29. The average molecular weight is 300 g/mol. The first-order valence-electron chi connectivity index (χ1n) is 6.65. The van der Waals surface area contributed by atoms with Crippen LogP contribution in [0.15, 0.2) is 58.2 Å². The van der Waals surface area contributed by atoms with Gasteiger partial charge in [-0.1, -0.05) is 42.1 Å². The van der Waals surface area contributed by atoms with Crippen molar-refractivity contribution in [2.24, 2.45) is 5.73 Å². The Morgan fingerprint density at radius 1 is 1.19 bits per heavy atom. The molecule has 108 valence electrons. The molecule has 0 saturated heterocycles. The maximum absolute atomic E-state index is 6.24. The van der Waals surface area contributed by atoms with E-state index in [0.717, 1.165) is 22.4 Å². The second-order valence-corrected chi connectivity index (χ2v) is 5.58. The van der Waals surface area contributed by atoms with Gasteiger partial charge in [-0.25, -0.2) is 4.98 Å². The molecule has 1 unspecified atom stereocenters. The first-order valence-corrected chi connectivity index (χ1v) is 7.63. The molecule has 0 spiro atoms. The monoisotopic (exact) mass is 300 g/mol. The summed E-state index contributed by atoms with van der Waals surface area (Å²) in [5, 5.41) is 0.640. The SMILES string of the molecule is COc1ccccc1C(N)CSc1nc2ccccc2o1. The number of thioether (sulfide) groups is 1. The minimum Gasteiger partial charge on any atom is -0.496 e. The van der Waals surface area contributed by atoms with Gasteiger partial charge in [0.05, 0.1) is 7.11 Å². The molecule has 0 aliphatic rings. The Morgan fingerprint density at radius 2 is 1.95 bits per heavy atom. The quantitative estimate of drug-likeness (QED) is 0.729. The largest absolute Gasteiger partial charge is 0.496 e. The molecule has 0 aliphatic carbocycles. The van der Waals surface area contributed by atoms with Gasteiger partial charge in [0.2, 0.25) is 0 Å². The van der Waals surface area contributed by atoms with E-state index in [0.29, 0.717) is 11.0 Å². The van der Waals surface area contributed by atoms with Crippen LogP contribution in [0.3, 0.4) is 0 Å². The molecule has 0 radical (unpaired) electrons. The number of ether oxygens (including phenoxy) is 1. The number of hydrogen-bond acceptors (Lipinski definition) is 5. The zero-order valence-electron chi connectivity index (χ0n) is 11.7. The molecule has 4 nitrogen and oxygen atoms in total. The lowest BCUT2D eigenvalue weighted by Crippen LogP contribution is -2.14. The summed E-state index contributed by atoms with van der Waals surface area (Å²) in [5.41, 5.74) is 8.90. The molecule has 5 heteroatoms. The van der Waals surface area contributed by atoms with E-state index in [2.05, 4.69) is 4.98 Å². The smallest absolute Gasteiger partial charge is 0.256 e. The normalized spacial score (nSPS) is 12.5. The summed E-state index contributed by atoms with van der Waals surface area (Å²) >= 11 is 1.51. The summed E-state index contributed by atoms with van der Waals surface area (Å²) in [4.78, 5) is 4.43. The Morgan fingerprint density at radius 3 is 2.76 bits per heavy atom. The van der Waals surface area contributed by atoms with Crippen LogP contribution in [0.25, 0.3) is 11.1 Å². The highest BCUT2D eigenvalue weighted by Gasteiger charge is 2.14. The minimum atomic E-state index is -0.138. The predicted molar refractivity (Wildman–Crippen MR) is 84.7 cm³/mol. The molecule has 0 amide bonds. The van der Waals surface area contributed by atoms with Crippen LogP contribution in [0, 0.1) is 0 Å². The Kier molecular flexibility index (Phi) is 4.13. The van der Waals surface area contributed by atoms with Crippen molar-refractivity contribution in [1.29, 1.82) is 0 Å². The van der Waals surface area contributed by atoms with Gasteiger partial charge in [0.25, 0.3) is 5.22 Å². The number of aromatic nitrogens is 1. The molecule has 1 aromatic heterocycles. The van der Waals surface area contributed by atoms with Crippen molar-refractivity contribution in [2.45, 2.75) is 11.3 Å². The minimum absolute atomic E-state index is 0.138. The highest BCUT2D eigenvalue weighted by molar-refractivity contribution is 7.99. The van der Waals surface area contributed by atoms with Crippen molar-refractivity contribution in [1.82, 2.24) is 4.98 Å². The molecule has 2 N–H and O–H groups in total. The van der Waals surface area contributed by atoms with E-state index in [1.807, 2.05) is 48.5 Å². The van der Waals surface area contributed by atoms with E-state index < -0.39 is 0 Å². The molecule has 0 saturated carbocycles. The molecular formula is C16H16N2O2S. The van der Waals surface area contributed by atoms with Crippen LogP contribution in [-0.4, -0.2) is 17.8 Å². The summed E-state index contributed by atoms with van der Waals surface area (Å²) in [5.74, 6) is 1.48. The van der Waals surface area contributed by atoms with Crippen LogP contribution < -0.4 is 10.5 Å². The number of para-hydroxylation sites is 3. The number of oxazole rings is 1. The number of hydrogen-bond donors (Lipinski definition) is 1. The lowest BCUT2D eigenvalue weighted by molar-refractivity contribution is 0.407. The number of nitrogens with zero attached hydrogens (tertiary/aromatic N) is 1. The summed E-state index contributed by atoms with van der Waals surface area (Å²) < 4.78 is 11.0. The summed E-state index contributed by atoms with van der Waals surface area (Å²) in [6.45, 7) is 0. The van der Waals surface area contributed by atoms with Gasteiger partial charge in [-0.2, -0.15) is 0 Å². The van der Waals surface area contributed by atoms with Gasteiger partial charge in [-0.05, 0) is 18.2 Å². The van der Waals surface area contributed by atoms with Crippen molar-refractivity contribution in [3.8, 4) is 5.75 Å². The van der Waals surface area contributed by atoms with E-state index in [1.165, 1.54) is 11.8 Å². The average Bonchev–Trinajstić information content (AvgIpc) is 2.95. The van der Waals surface area contributed by atoms with Gasteiger partial charge in [0, 0.05) is 17.4 Å². The number of fused-ring (bicyclic) bond motifs is 1. The molecule has 3 rings (SSSR count). The Bertz CT molecular complexity index is 709. The summed E-state index contributed by atoms with van der Waals surface area (Å²) in [7, 11) is 1.65. The van der Waals surface area contributed by atoms with Crippen LogP contribution in [0.4, 0.5) is 0 Å². The second-order valence-electron chi connectivity index (χ2n) is 4.61. The number of rotatable bonds is 5. The molecule has 0 bridgehead atoms. The first kappa shape index (κ1) is 14.0. The molecule has 2 aromatic carbocycles. The lowest BCUT2D eigenvalue weighted by atomic mass is 10.1. The second kappa shape index (κ2) is 6.20. The lowest BCUT2D eigenvalue weighted by Gasteiger charge is -2.14. The van der Waals surface area contributed by atoms with Crippen molar-refractivity contribution in [2.75, 3.05) is 12.9 Å². The number of benzene rings is 2. The van der Waals surface area contributed by atoms with Gasteiger partial charge < -0.3 is 14.9 Å². The zero-order valence-corrected chi connectivity index (χ0v) is 12.5.